The lowest BCUT2D eigenvalue weighted by Crippen LogP contribution is -2.20. The van der Waals surface area contributed by atoms with Gasteiger partial charge in [-0.2, -0.15) is 0 Å². The molecule has 1 aromatic heterocycles. The van der Waals surface area contributed by atoms with Crippen LogP contribution in [-0.4, -0.2) is 21.2 Å². The maximum absolute atomic E-state index is 12.2. The first kappa shape index (κ1) is 13.4. The van der Waals surface area contributed by atoms with Crippen LogP contribution < -0.4 is 5.69 Å². The highest BCUT2D eigenvalue weighted by molar-refractivity contribution is 6.17. The number of halogens is 1. The zero-order chi connectivity index (χ0) is 14.1. The summed E-state index contributed by atoms with van der Waals surface area (Å²) in [5.74, 6) is 0.723. The van der Waals surface area contributed by atoms with Crippen LogP contribution in [0.5, 0.6) is 0 Å². The number of unbranched alkanes of at least 4 members (excludes halogenated alkanes) is 1. The number of aromatic nitrogens is 2. The van der Waals surface area contributed by atoms with Crippen LogP contribution >= 0.6 is 11.6 Å². The Morgan fingerprint density at radius 1 is 1.35 bits per heavy atom. The van der Waals surface area contributed by atoms with Crippen LogP contribution in [0.15, 0.2) is 16.9 Å². The smallest absolute Gasteiger partial charge is 0.306 e. The topological polar surface area (TPSA) is 54.9 Å². The predicted molar refractivity (Wildman–Crippen MR) is 79.8 cm³/mol. The highest BCUT2D eigenvalue weighted by Gasteiger charge is 2.18. The van der Waals surface area contributed by atoms with Gasteiger partial charge in [-0.3, -0.25) is 9.36 Å². The molecule has 0 atom stereocenters. The van der Waals surface area contributed by atoms with E-state index in [1.165, 1.54) is 0 Å². The predicted octanol–water partition coefficient (Wildman–Crippen LogP) is 2.87. The van der Waals surface area contributed by atoms with Gasteiger partial charge < -0.3 is 4.98 Å². The van der Waals surface area contributed by atoms with Crippen molar-refractivity contribution in [1.82, 2.24) is 9.55 Å². The summed E-state index contributed by atoms with van der Waals surface area (Å²) in [5.41, 5.74) is 3.49. The molecule has 106 valence electrons. The summed E-state index contributed by atoms with van der Waals surface area (Å²) in [6, 6.07) is 3.76. The lowest BCUT2D eigenvalue weighted by Gasteiger charge is -2.14. The third kappa shape index (κ3) is 2.29. The van der Waals surface area contributed by atoms with Crippen LogP contribution in [0.25, 0.3) is 11.0 Å². The van der Waals surface area contributed by atoms with Crippen molar-refractivity contribution >= 4 is 28.4 Å². The zero-order valence-electron chi connectivity index (χ0n) is 11.2. The molecule has 1 aliphatic rings. The lowest BCUT2D eigenvalue weighted by atomic mass is 9.98. The van der Waals surface area contributed by atoms with Crippen LogP contribution in [0.4, 0.5) is 0 Å². The second-order valence-electron chi connectivity index (χ2n) is 5.29. The molecule has 0 bridgehead atoms. The van der Waals surface area contributed by atoms with Crippen molar-refractivity contribution in [3.8, 4) is 0 Å². The van der Waals surface area contributed by atoms with Gasteiger partial charge in [-0.15, -0.1) is 11.6 Å². The van der Waals surface area contributed by atoms with Crippen LogP contribution in [-0.2, 0) is 13.0 Å². The minimum Gasteiger partial charge on any atom is -0.306 e. The number of H-pyrrole nitrogens is 1. The third-order valence-electron chi connectivity index (χ3n) is 3.88. The number of Topliss-reactive ketones (excluding diaryl/α,β-unsaturated/α-hetero) is 1. The third-order valence-corrected chi connectivity index (χ3v) is 4.15. The Hall–Kier alpha value is -1.55. The molecule has 20 heavy (non-hydrogen) atoms. The molecule has 4 nitrogen and oxygen atoms in total. The number of carbonyl (C=O) groups is 1. The first-order valence-electron chi connectivity index (χ1n) is 7.05. The molecule has 2 heterocycles. The summed E-state index contributed by atoms with van der Waals surface area (Å²) in [7, 11) is 0. The van der Waals surface area contributed by atoms with Gasteiger partial charge in [-0.05, 0) is 43.4 Å². The van der Waals surface area contributed by atoms with Gasteiger partial charge in [0.25, 0.3) is 0 Å². The number of alkyl halides is 1. The molecule has 0 saturated carbocycles. The fraction of sp³-hybridized carbons (Fsp3) is 0.467. The van der Waals surface area contributed by atoms with E-state index in [0.717, 1.165) is 48.8 Å². The monoisotopic (exact) mass is 292 g/mol. The molecule has 0 radical (unpaired) electrons. The Labute approximate surface area is 121 Å². The summed E-state index contributed by atoms with van der Waals surface area (Å²) in [4.78, 5) is 26.9. The van der Waals surface area contributed by atoms with Gasteiger partial charge >= 0.3 is 5.69 Å². The fourth-order valence-electron chi connectivity index (χ4n) is 2.91. The van der Waals surface area contributed by atoms with Gasteiger partial charge in [0.1, 0.15) is 0 Å². The molecule has 5 heteroatoms. The summed E-state index contributed by atoms with van der Waals surface area (Å²) >= 11 is 5.63. The molecule has 0 aliphatic carbocycles. The average Bonchev–Trinajstić information content (AvgIpc) is 2.77. The second-order valence-corrected chi connectivity index (χ2v) is 5.66. The molecule has 1 aliphatic heterocycles. The van der Waals surface area contributed by atoms with E-state index < -0.39 is 0 Å². The number of carbonyl (C=O) groups excluding carboxylic acids is 1. The minimum atomic E-state index is -0.0762. The van der Waals surface area contributed by atoms with Crippen LogP contribution in [0, 0.1) is 0 Å². The quantitative estimate of drug-likeness (QED) is 0.523. The van der Waals surface area contributed by atoms with Crippen LogP contribution in [0.1, 0.15) is 41.6 Å². The number of aromatic amines is 1. The molecule has 0 amide bonds. The first-order chi connectivity index (χ1) is 9.70. The summed E-state index contributed by atoms with van der Waals surface area (Å²) in [5, 5.41) is 0. The van der Waals surface area contributed by atoms with Crippen molar-refractivity contribution < 1.29 is 4.79 Å². The number of ketones is 1. The van der Waals surface area contributed by atoms with Gasteiger partial charge in [-0.1, -0.05) is 0 Å². The van der Waals surface area contributed by atoms with Gasteiger partial charge in [0.15, 0.2) is 5.78 Å². The number of rotatable bonds is 5. The molecule has 1 N–H and O–H groups in total. The Bertz CT molecular complexity index is 714. The van der Waals surface area contributed by atoms with Crippen molar-refractivity contribution in [3.05, 3.63) is 33.7 Å². The average molecular weight is 293 g/mol. The van der Waals surface area contributed by atoms with Crippen molar-refractivity contribution in [2.75, 3.05) is 5.88 Å². The molecular weight excluding hydrogens is 276 g/mol. The molecule has 0 saturated heterocycles. The molecule has 2 aromatic rings. The number of hydrogen-bond acceptors (Lipinski definition) is 2. The number of nitrogens with one attached hydrogen (secondary N) is 1. The molecule has 0 fully saturated rings. The van der Waals surface area contributed by atoms with E-state index in [1.807, 2.05) is 12.1 Å². The minimum absolute atomic E-state index is 0.0762. The van der Waals surface area contributed by atoms with Crippen molar-refractivity contribution in [2.24, 2.45) is 0 Å². The number of nitrogens with zero attached hydrogens (tertiary/aromatic N) is 1. The normalized spacial score (nSPS) is 13.8. The first-order valence-corrected chi connectivity index (χ1v) is 7.59. The number of benzene rings is 1. The molecular formula is C15H17ClN2O2. The van der Waals surface area contributed by atoms with Gasteiger partial charge in [0.05, 0.1) is 11.0 Å². The van der Waals surface area contributed by atoms with Crippen LogP contribution in [0.3, 0.4) is 0 Å². The van der Waals surface area contributed by atoms with E-state index >= 15 is 0 Å². The van der Waals surface area contributed by atoms with E-state index in [-0.39, 0.29) is 11.5 Å². The SMILES string of the molecule is O=C(CCCCCl)c1cc2c3c(c1)[nH]c(=O)n3CCC2. The Kier molecular flexibility index (Phi) is 3.66. The number of imidazole rings is 1. The maximum atomic E-state index is 12.2. The van der Waals surface area contributed by atoms with Crippen molar-refractivity contribution in [3.63, 3.8) is 0 Å². The molecule has 1 aromatic carbocycles. The molecule has 0 spiro atoms. The highest BCUT2D eigenvalue weighted by Crippen LogP contribution is 2.25. The Balaban J connectivity index is 1.98. The lowest BCUT2D eigenvalue weighted by molar-refractivity contribution is 0.0980. The Morgan fingerprint density at radius 3 is 3.00 bits per heavy atom. The molecule has 3 rings (SSSR count). The highest BCUT2D eigenvalue weighted by atomic mass is 35.5. The van der Waals surface area contributed by atoms with Crippen molar-refractivity contribution in [2.45, 2.75) is 38.6 Å². The standard InChI is InChI=1S/C15H17ClN2O2/c16-6-2-1-5-13(19)11-8-10-4-3-7-18-14(10)12(9-11)17-15(18)20/h8-9H,1-7H2,(H,17,20). The van der Waals surface area contributed by atoms with Crippen molar-refractivity contribution in [1.29, 1.82) is 0 Å². The summed E-state index contributed by atoms with van der Waals surface area (Å²) in [6.45, 7) is 0.759. The fourth-order valence-corrected chi connectivity index (χ4v) is 3.10. The van der Waals surface area contributed by atoms with Gasteiger partial charge in [0, 0.05) is 24.4 Å². The summed E-state index contributed by atoms with van der Waals surface area (Å²) in [6.07, 6.45) is 4.06. The Morgan fingerprint density at radius 2 is 2.20 bits per heavy atom. The van der Waals surface area contributed by atoms with Crippen LogP contribution in [0.2, 0.25) is 0 Å². The van der Waals surface area contributed by atoms with E-state index in [4.69, 9.17) is 11.6 Å². The second kappa shape index (κ2) is 5.44. The van der Waals surface area contributed by atoms with Gasteiger partial charge in [-0.25, -0.2) is 4.79 Å². The van der Waals surface area contributed by atoms with Gasteiger partial charge in [0.2, 0.25) is 0 Å². The maximum Gasteiger partial charge on any atom is 0.326 e. The largest absolute Gasteiger partial charge is 0.326 e. The summed E-state index contributed by atoms with van der Waals surface area (Å²) < 4.78 is 1.77. The number of hydrogen-bond donors (Lipinski definition) is 1. The number of aryl methyl sites for hydroxylation is 2. The van der Waals surface area contributed by atoms with E-state index in [1.54, 1.807) is 4.57 Å². The van der Waals surface area contributed by atoms with E-state index in [2.05, 4.69) is 4.98 Å². The zero-order valence-corrected chi connectivity index (χ0v) is 12.0. The molecule has 0 unspecified atom stereocenters. The van der Waals surface area contributed by atoms with E-state index in [0.29, 0.717) is 17.9 Å². The van der Waals surface area contributed by atoms with E-state index in [9.17, 15) is 9.59 Å².